The first kappa shape index (κ1) is 22.9. The number of benzene rings is 2. The molecule has 0 radical (unpaired) electrons. The number of amides is 2. The SMILES string of the molecule is [C-]#[N+]c1cc2c3c(c(C#N)cc4c3c1C(=O)N(CCC(C)CCC=C(C)C)C4=O)C(=O)OC2=O. The predicted molar refractivity (Wildman–Crippen MR) is 122 cm³/mol. The number of carbonyl (C=O) groups is 4. The zero-order valence-electron chi connectivity index (χ0n) is 19.0. The van der Waals surface area contributed by atoms with Crippen LogP contribution in [0.25, 0.3) is 15.6 Å². The Balaban J connectivity index is 1.83. The van der Waals surface area contributed by atoms with Gasteiger partial charge in [-0.1, -0.05) is 18.6 Å². The summed E-state index contributed by atoms with van der Waals surface area (Å²) in [4.78, 5) is 56.2. The Kier molecular flexibility index (Phi) is 5.76. The molecule has 0 saturated carbocycles. The molecule has 2 aliphatic heterocycles. The topological polar surface area (TPSA) is 109 Å². The maximum absolute atomic E-state index is 13.4. The van der Waals surface area contributed by atoms with Crippen molar-refractivity contribution in [3.05, 3.63) is 63.0 Å². The van der Waals surface area contributed by atoms with Crippen molar-refractivity contribution in [2.45, 2.75) is 40.0 Å². The first-order valence-corrected chi connectivity index (χ1v) is 10.9. The molecule has 0 spiro atoms. The molecule has 2 aromatic carbocycles. The van der Waals surface area contributed by atoms with Crippen LogP contribution in [-0.4, -0.2) is 35.2 Å². The standard InChI is InChI=1S/C26H21N3O5/c1-13(2)6-5-7-14(3)8-9-29-23(30)16-10-15(12-27)19-21-17(25(32)34-26(19)33)11-18(28-4)22(20(16)21)24(29)31/h6,10-11,14H,5,7-9H2,1-3H3. The second-order valence-electron chi connectivity index (χ2n) is 8.83. The van der Waals surface area contributed by atoms with Crippen LogP contribution < -0.4 is 0 Å². The summed E-state index contributed by atoms with van der Waals surface area (Å²) >= 11 is 0. The molecule has 8 heteroatoms. The Morgan fingerprint density at radius 1 is 1.09 bits per heavy atom. The van der Waals surface area contributed by atoms with Gasteiger partial charge >= 0.3 is 11.9 Å². The second-order valence-corrected chi connectivity index (χ2v) is 8.83. The molecule has 2 heterocycles. The number of rotatable bonds is 6. The Labute approximate surface area is 196 Å². The van der Waals surface area contributed by atoms with Crippen LogP contribution in [0.5, 0.6) is 0 Å². The molecule has 0 N–H and O–H groups in total. The molecule has 0 aromatic heterocycles. The maximum Gasteiger partial charge on any atom is 0.348 e. The monoisotopic (exact) mass is 455 g/mol. The van der Waals surface area contributed by atoms with Crippen LogP contribution in [0, 0.1) is 23.8 Å². The van der Waals surface area contributed by atoms with Crippen LogP contribution in [0.4, 0.5) is 5.69 Å². The Morgan fingerprint density at radius 2 is 1.79 bits per heavy atom. The van der Waals surface area contributed by atoms with E-state index in [1.54, 1.807) is 0 Å². The van der Waals surface area contributed by atoms with Crippen LogP contribution in [0.1, 0.15) is 87.0 Å². The third kappa shape index (κ3) is 3.54. The van der Waals surface area contributed by atoms with Crippen molar-refractivity contribution in [2.24, 2.45) is 5.92 Å². The molecule has 2 aromatic rings. The largest absolute Gasteiger partial charge is 0.386 e. The number of carbonyl (C=O) groups excluding carboxylic acids is 4. The minimum Gasteiger partial charge on any atom is -0.386 e. The van der Waals surface area contributed by atoms with Gasteiger partial charge in [-0.05, 0) is 56.5 Å². The van der Waals surface area contributed by atoms with Gasteiger partial charge in [-0.15, -0.1) is 0 Å². The van der Waals surface area contributed by atoms with Gasteiger partial charge in [0.15, 0.2) is 0 Å². The summed E-state index contributed by atoms with van der Waals surface area (Å²) in [5.41, 5.74) is 0.707. The number of hydrogen-bond donors (Lipinski definition) is 0. The van der Waals surface area contributed by atoms with E-state index in [2.05, 4.69) is 10.9 Å². The van der Waals surface area contributed by atoms with Crippen LogP contribution in [-0.2, 0) is 4.74 Å². The molecule has 0 saturated heterocycles. The van der Waals surface area contributed by atoms with E-state index in [0.717, 1.165) is 17.7 Å². The molecule has 0 bridgehead atoms. The fraction of sp³-hybridized carbons (Fsp3) is 0.308. The van der Waals surface area contributed by atoms with Crippen LogP contribution in [0.15, 0.2) is 23.8 Å². The first-order chi connectivity index (χ1) is 16.2. The molecule has 8 nitrogen and oxygen atoms in total. The van der Waals surface area contributed by atoms with Gasteiger partial charge in [-0.3, -0.25) is 14.5 Å². The van der Waals surface area contributed by atoms with Gasteiger partial charge < -0.3 is 4.74 Å². The Bertz CT molecular complexity index is 1420. The van der Waals surface area contributed by atoms with Gasteiger partial charge in [-0.2, -0.15) is 5.26 Å². The molecular formula is C26H21N3O5. The predicted octanol–water partition coefficient (Wildman–Crippen LogP) is 4.94. The van der Waals surface area contributed by atoms with Crippen molar-refractivity contribution in [1.29, 1.82) is 5.26 Å². The van der Waals surface area contributed by atoms with Crippen molar-refractivity contribution < 1.29 is 23.9 Å². The summed E-state index contributed by atoms with van der Waals surface area (Å²) in [6.45, 7) is 13.8. The highest BCUT2D eigenvalue weighted by Gasteiger charge is 2.41. The Morgan fingerprint density at radius 3 is 2.44 bits per heavy atom. The van der Waals surface area contributed by atoms with E-state index in [1.165, 1.54) is 17.7 Å². The van der Waals surface area contributed by atoms with E-state index in [1.807, 2.05) is 26.8 Å². The normalized spacial score (nSPS) is 15.0. The number of nitriles is 1. The van der Waals surface area contributed by atoms with Gasteiger partial charge in [0.2, 0.25) is 5.69 Å². The number of nitrogens with zero attached hydrogens (tertiary/aromatic N) is 3. The van der Waals surface area contributed by atoms with Crippen molar-refractivity contribution in [2.75, 3.05) is 6.54 Å². The summed E-state index contributed by atoms with van der Waals surface area (Å²) in [5.74, 6) is -3.02. The van der Waals surface area contributed by atoms with Crippen LogP contribution in [0.3, 0.4) is 0 Å². The van der Waals surface area contributed by atoms with Gasteiger partial charge in [0.05, 0.1) is 28.8 Å². The van der Waals surface area contributed by atoms with Crippen LogP contribution >= 0.6 is 0 Å². The molecule has 34 heavy (non-hydrogen) atoms. The summed E-state index contributed by atoms with van der Waals surface area (Å²) < 4.78 is 4.75. The smallest absolute Gasteiger partial charge is 0.348 e. The number of hydrogen-bond acceptors (Lipinski definition) is 6. The van der Waals surface area contributed by atoms with Gasteiger partial charge in [0, 0.05) is 17.5 Å². The number of imide groups is 1. The molecule has 2 amide bonds. The summed E-state index contributed by atoms with van der Waals surface area (Å²) in [6, 6.07) is 4.33. The van der Waals surface area contributed by atoms with Crippen molar-refractivity contribution >= 4 is 40.2 Å². The number of esters is 2. The van der Waals surface area contributed by atoms with E-state index in [-0.39, 0.29) is 56.7 Å². The highest BCUT2D eigenvalue weighted by atomic mass is 16.6. The number of allylic oxidation sites excluding steroid dienone is 2. The highest BCUT2D eigenvalue weighted by Crippen LogP contribution is 2.43. The summed E-state index contributed by atoms with van der Waals surface area (Å²) in [6.07, 6.45) is 4.51. The van der Waals surface area contributed by atoms with Gasteiger partial charge in [0.25, 0.3) is 11.8 Å². The third-order valence-corrected chi connectivity index (χ3v) is 6.23. The lowest BCUT2D eigenvalue weighted by atomic mass is 9.84. The van der Waals surface area contributed by atoms with Crippen molar-refractivity contribution in [1.82, 2.24) is 4.90 Å². The fourth-order valence-corrected chi connectivity index (χ4v) is 4.47. The number of ether oxygens (including phenoxy) is 1. The van der Waals surface area contributed by atoms with Crippen LogP contribution in [0.2, 0.25) is 0 Å². The van der Waals surface area contributed by atoms with Gasteiger partial charge in [-0.25, -0.2) is 14.4 Å². The molecule has 0 aliphatic carbocycles. The molecule has 1 unspecified atom stereocenters. The maximum atomic E-state index is 13.4. The lowest BCUT2D eigenvalue weighted by Gasteiger charge is -2.30. The minimum atomic E-state index is -1.02. The van der Waals surface area contributed by atoms with E-state index < -0.39 is 23.8 Å². The first-order valence-electron chi connectivity index (χ1n) is 10.9. The van der Waals surface area contributed by atoms with Crippen molar-refractivity contribution in [3.8, 4) is 6.07 Å². The van der Waals surface area contributed by atoms with Crippen molar-refractivity contribution in [3.63, 3.8) is 0 Å². The van der Waals surface area contributed by atoms with E-state index in [9.17, 15) is 24.4 Å². The molecule has 1 atom stereocenters. The molecule has 2 aliphatic rings. The zero-order chi connectivity index (χ0) is 24.7. The minimum absolute atomic E-state index is 0.0224. The third-order valence-electron chi connectivity index (χ3n) is 6.23. The zero-order valence-corrected chi connectivity index (χ0v) is 19.0. The highest BCUT2D eigenvalue weighted by molar-refractivity contribution is 6.33. The van der Waals surface area contributed by atoms with E-state index >= 15 is 0 Å². The molecule has 0 fully saturated rings. The second kappa shape index (κ2) is 8.57. The molecule has 4 rings (SSSR count). The van der Waals surface area contributed by atoms with E-state index in [4.69, 9.17) is 11.3 Å². The molecule has 170 valence electrons. The lowest BCUT2D eigenvalue weighted by Crippen LogP contribution is -2.42. The number of cyclic esters (lactones) is 2. The average Bonchev–Trinajstić information content (AvgIpc) is 2.79. The van der Waals surface area contributed by atoms with E-state index in [0.29, 0.717) is 6.42 Å². The molecular weight excluding hydrogens is 434 g/mol. The quantitative estimate of drug-likeness (QED) is 0.201. The lowest BCUT2D eigenvalue weighted by molar-refractivity contribution is 0.0388. The summed E-state index contributed by atoms with van der Waals surface area (Å²) in [7, 11) is 0. The summed E-state index contributed by atoms with van der Waals surface area (Å²) in [5, 5.41) is 9.71. The fourth-order valence-electron chi connectivity index (χ4n) is 4.47. The Hall–Kier alpha value is -4.30. The van der Waals surface area contributed by atoms with Gasteiger partial charge in [0.1, 0.15) is 6.07 Å². The average molecular weight is 455 g/mol.